The number of hydrogen-bond acceptors (Lipinski definition) is 4. The summed E-state index contributed by atoms with van der Waals surface area (Å²) in [6.07, 6.45) is 0.901. The quantitative estimate of drug-likeness (QED) is 0.744. The van der Waals surface area contributed by atoms with E-state index in [2.05, 4.69) is 86.2 Å². The van der Waals surface area contributed by atoms with Gasteiger partial charge in [-0.2, -0.15) is 0 Å². The number of rotatable bonds is 2. The summed E-state index contributed by atoms with van der Waals surface area (Å²) in [5, 5.41) is 15.6. The lowest BCUT2D eigenvalue weighted by molar-refractivity contribution is 0.423. The van der Waals surface area contributed by atoms with E-state index < -0.39 is 0 Å². The molecule has 2 heterocycles. The fourth-order valence-electron chi connectivity index (χ4n) is 3.13. The summed E-state index contributed by atoms with van der Waals surface area (Å²) >= 11 is 3.55. The van der Waals surface area contributed by atoms with E-state index in [9.17, 15) is 0 Å². The maximum Gasteiger partial charge on any atom is 0.243 e. The number of anilines is 1. The summed E-state index contributed by atoms with van der Waals surface area (Å²) in [6, 6.07) is 17.2. The van der Waals surface area contributed by atoms with Gasteiger partial charge in [0.2, 0.25) is 5.95 Å². The highest BCUT2D eigenvalue weighted by molar-refractivity contribution is 9.10. The van der Waals surface area contributed by atoms with Crippen LogP contribution in [0.25, 0.3) is 0 Å². The second kappa shape index (κ2) is 5.77. The molecular formula is C17H16BrN5. The molecule has 0 spiro atoms. The average molecular weight is 370 g/mol. The Hall–Kier alpha value is -2.21. The molecule has 0 unspecified atom stereocenters. The summed E-state index contributed by atoms with van der Waals surface area (Å²) in [5.41, 5.74) is 3.71. The van der Waals surface area contributed by atoms with Crippen molar-refractivity contribution < 1.29 is 0 Å². The van der Waals surface area contributed by atoms with Crippen molar-refractivity contribution in [2.75, 3.05) is 5.32 Å². The monoisotopic (exact) mass is 369 g/mol. The Bertz CT molecular complexity index is 844. The molecule has 1 aliphatic rings. The normalized spacial score (nSPS) is 19.9. The highest BCUT2D eigenvalue weighted by Gasteiger charge is 2.30. The Morgan fingerprint density at radius 3 is 2.78 bits per heavy atom. The van der Waals surface area contributed by atoms with E-state index in [0.29, 0.717) is 5.95 Å². The number of nitrogens with one attached hydrogen (secondary N) is 1. The zero-order valence-electron chi connectivity index (χ0n) is 12.6. The molecular weight excluding hydrogens is 354 g/mol. The third-order valence-corrected chi connectivity index (χ3v) is 4.72. The minimum absolute atomic E-state index is 0.130. The van der Waals surface area contributed by atoms with Crippen LogP contribution in [0.1, 0.15) is 35.2 Å². The molecule has 116 valence electrons. The van der Waals surface area contributed by atoms with Gasteiger partial charge in [-0.3, -0.25) is 0 Å². The second-order valence-corrected chi connectivity index (χ2v) is 6.78. The predicted octanol–water partition coefficient (Wildman–Crippen LogP) is 3.89. The van der Waals surface area contributed by atoms with Crippen molar-refractivity contribution in [2.45, 2.75) is 25.4 Å². The molecule has 0 amide bonds. The van der Waals surface area contributed by atoms with E-state index in [1.807, 2.05) is 10.7 Å². The predicted molar refractivity (Wildman–Crippen MR) is 92.3 cm³/mol. The zero-order valence-corrected chi connectivity index (χ0v) is 14.2. The van der Waals surface area contributed by atoms with Crippen LogP contribution in [0.15, 0.2) is 53.0 Å². The first-order chi connectivity index (χ1) is 11.2. The molecule has 0 aliphatic carbocycles. The van der Waals surface area contributed by atoms with Crippen molar-refractivity contribution >= 4 is 21.9 Å². The Morgan fingerprint density at radius 1 is 1.13 bits per heavy atom. The highest BCUT2D eigenvalue weighted by atomic mass is 79.9. The fourth-order valence-corrected chi connectivity index (χ4v) is 3.55. The van der Waals surface area contributed by atoms with E-state index in [0.717, 1.165) is 10.9 Å². The first-order valence-corrected chi connectivity index (χ1v) is 8.36. The second-order valence-electron chi connectivity index (χ2n) is 5.86. The lowest BCUT2D eigenvalue weighted by Gasteiger charge is -2.31. The molecule has 2 aromatic carbocycles. The van der Waals surface area contributed by atoms with Crippen molar-refractivity contribution in [1.29, 1.82) is 0 Å². The molecule has 5 nitrogen and oxygen atoms in total. The number of halogens is 1. The molecule has 2 atom stereocenters. The van der Waals surface area contributed by atoms with Gasteiger partial charge in [0.25, 0.3) is 0 Å². The molecule has 6 heteroatoms. The maximum atomic E-state index is 4.17. The zero-order chi connectivity index (χ0) is 15.8. The topological polar surface area (TPSA) is 55.6 Å². The average Bonchev–Trinajstić information content (AvgIpc) is 3.02. The highest BCUT2D eigenvalue weighted by Crippen LogP contribution is 2.37. The molecule has 0 radical (unpaired) electrons. The molecule has 1 aromatic heterocycles. The van der Waals surface area contributed by atoms with Crippen molar-refractivity contribution in [3.63, 3.8) is 0 Å². The van der Waals surface area contributed by atoms with Crippen molar-refractivity contribution in [2.24, 2.45) is 0 Å². The van der Waals surface area contributed by atoms with Gasteiger partial charge in [0.15, 0.2) is 0 Å². The Labute approximate surface area is 142 Å². The molecule has 23 heavy (non-hydrogen) atoms. The standard InChI is InChI=1S/C17H16BrN5/c1-11-4-2-6-13(8-11)16-10-15(12-5-3-7-14(18)9-12)19-17-20-21-22-23(16)17/h2-9,15-16H,10H2,1H3,(H,19,20,22)/t15-,16+/m0/s1. The van der Waals surface area contributed by atoms with E-state index in [1.54, 1.807) is 0 Å². The molecule has 3 aromatic rings. The summed E-state index contributed by atoms with van der Waals surface area (Å²) in [4.78, 5) is 0. The number of aryl methyl sites for hydroxylation is 1. The van der Waals surface area contributed by atoms with Gasteiger partial charge < -0.3 is 5.32 Å². The summed E-state index contributed by atoms with van der Waals surface area (Å²) in [5.74, 6) is 0.715. The van der Waals surface area contributed by atoms with E-state index in [1.165, 1.54) is 16.7 Å². The molecule has 0 saturated heterocycles. The first-order valence-electron chi connectivity index (χ1n) is 7.57. The number of benzene rings is 2. The van der Waals surface area contributed by atoms with Gasteiger partial charge in [-0.1, -0.05) is 63.0 Å². The Balaban J connectivity index is 1.75. The molecule has 1 N–H and O–H groups in total. The van der Waals surface area contributed by atoms with Crippen LogP contribution in [-0.4, -0.2) is 20.2 Å². The summed E-state index contributed by atoms with van der Waals surface area (Å²) in [7, 11) is 0. The molecule has 0 fully saturated rings. The Kier molecular flexibility index (Phi) is 3.61. The number of hydrogen-bond donors (Lipinski definition) is 1. The summed E-state index contributed by atoms with van der Waals surface area (Å²) in [6.45, 7) is 2.11. The van der Waals surface area contributed by atoms with Gasteiger partial charge in [0.1, 0.15) is 0 Å². The van der Waals surface area contributed by atoms with E-state index in [4.69, 9.17) is 0 Å². The van der Waals surface area contributed by atoms with Crippen LogP contribution < -0.4 is 5.32 Å². The SMILES string of the molecule is Cc1cccc([C@H]2C[C@@H](c3cccc(Br)c3)Nc3nnnn32)c1. The third-order valence-electron chi connectivity index (χ3n) is 4.23. The van der Waals surface area contributed by atoms with Gasteiger partial charge in [-0.25, -0.2) is 4.68 Å². The minimum Gasteiger partial charge on any atom is -0.346 e. The number of aromatic nitrogens is 4. The molecule has 4 rings (SSSR count). The van der Waals surface area contributed by atoms with Gasteiger partial charge >= 0.3 is 0 Å². The van der Waals surface area contributed by atoms with Gasteiger partial charge in [0, 0.05) is 4.47 Å². The number of fused-ring (bicyclic) bond motifs is 1. The van der Waals surface area contributed by atoms with Crippen LogP contribution in [0, 0.1) is 6.92 Å². The largest absolute Gasteiger partial charge is 0.346 e. The van der Waals surface area contributed by atoms with Crippen molar-refractivity contribution in [3.05, 3.63) is 69.7 Å². The summed E-state index contributed by atoms with van der Waals surface area (Å²) < 4.78 is 2.96. The molecule has 1 aliphatic heterocycles. The molecule has 0 saturated carbocycles. The van der Waals surface area contributed by atoms with E-state index >= 15 is 0 Å². The lowest BCUT2D eigenvalue weighted by atomic mass is 9.93. The van der Waals surface area contributed by atoms with Crippen LogP contribution in [0.2, 0.25) is 0 Å². The minimum atomic E-state index is 0.130. The molecule has 0 bridgehead atoms. The van der Waals surface area contributed by atoms with Gasteiger partial charge in [-0.05, 0) is 47.0 Å². The Morgan fingerprint density at radius 2 is 1.96 bits per heavy atom. The number of nitrogens with zero attached hydrogens (tertiary/aromatic N) is 4. The van der Waals surface area contributed by atoms with Crippen LogP contribution >= 0.6 is 15.9 Å². The van der Waals surface area contributed by atoms with E-state index in [-0.39, 0.29) is 12.1 Å². The van der Waals surface area contributed by atoms with Crippen molar-refractivity contribution in [3.8, 4) is 0 Å². The van der Waals surface area contributed by atoms with Crippen LogP contribution in [0.4, 0.5) is 5.95 Å². The smallest absolute Gasteiger partial charge is 0.243 e. The number of tetrazole rings is 1. The maximum absolute atomic E-state index is 4.17. The third kappa shape index (κ3) is 2.74. The van der Waals surface area contributed by atoms with Crippen LogP contribution in [0.3, 0.4) is 0 Å². The van der Waals surface area contributed by atoms with Crippen LogP contribution in [0.5, 0.6) is 0 Å². The lowest BCUT2D eigenvalue weighted by Crippen LogP contribution is -2.28. The van der Waals surface area contributed by atoms with Crippen molar-refractivity contribution in [1.82, 2.24) is 20.2 Å². The van der Waals surface area contributed by atoms with Gasteiger partial charge in [0.05, 0.1) is 12.1 Å². The van der Waals surface area contributed by atoms with Gasteiger partial charge in [-0.15, -0.1) is 0 Å². The first kappa shape index (κ1) is 14.4. The fraction of sp³-hybridized carbons (Fsp3) is 0.235. The van der Waals surface area contributed by atoms with Crippen LogP contribution in [-0.2, 0) is 0 Å².